The first-order chi connectivity index (χ1) is 13.8. The summed E-state index contributed by atoms with van der Waals surface area (Å²) in [5, 5.41) is 12.1. The Labute approximate surface area is 164 Å². The van der Waals surface area contributed by atoms with Gasteiger partial charge in [0.15, 0.2) is 5.82 Å². The molecule has 0 bridgehead atoms. The summed E-state index contributed by atoms with van der Waals surface area (Å²) in [6, 6.07) is 5.46. The summed E-state index contributed by atoms with van der Waals surface area (Å²) < 4.78 is 41.5. The van der Waals surface area contributed by atoms with Crippen molar-refractivity contribution in [3.8, 4) is 6.07 Å². The van der Waals surface area contributed by atoms with E-state index in [9.17, 15) is 18.0 Å². The highest BCUT2D eigenvalue weighted by atomic mass is 19.4. The van der Waals surface area contributed by atoms with Gasteiger partial charge in [-0.25, -0.2) is 4.98 Å². The Bertz CT molecular complexity index is 890. The molecule has 154 valence electrons. The fourth-order valence-electron chi connectivity index (χ4n) is 3.19. The van der Waals surface area contributed by atoms with Crippen LogP contribution in [-0.4, -0.2) is 51.6 Å². The summed E-state index contributed by atoms with van der Waals surface area (Å²) in [5.74, 6) is -0.750. The zero-order valence-electron chi connectivity index (χ0n) is 15.7. The number of pyridine rings is 1. The molecule has 1 aliphatic rings. The van der Waals surface area contributed by atoms with Crippen molar-refractivity contribution in [2.45, 2.75) is 38.4 Å². The molecule has 1 saturated heterocycles. The summed E-state index contributed by atoms with van der Waals surface area (Å²) in [4.78, 5) is 23.9. The Morgan fingerprint density at radius 2 is 2.17 bits per heavy atom. The van der Waals surface area contributed by atoms with E-state index in [-0.39, 0.29) is 30.6 Å². The molecule has 0 spiro atoms. The van der Waals surface area contributed by atoms with Crippen LogP contribution in [0.2, 0.25) is 0 Å². The SMILES string of the molecule is CC1CN(c2ccc(C#N)cn2)CCN1C(=O)CCCc1noc(C(F)(F)F)n1. The van der Waals surface area contributed by atoms with E-state index in [1.165, 1.54) is 6.20 Å². The van der Waals surface area contributed by atoms with Crippen molar-refractivity contribution in [3.63, 3.8) is 0 Å². The molecule has 8 nitrogen and oxygen atoms in total. The van der Waals surface area contributed by atoms with Crippen molar-refractivity contribution in [1.82, 2.24) is 20.0 Å². The number of piperazine rings is 1. The third kappa shape index (κ3) is 5.01. The van der Waals surface area contributed by atoms with Crippen molar-refractivity contribution in [3.05, 3.63) is 35.6 Å². The van der Waals surface area contributed by atoms with Crippen LogP contribution >= 0.6 is 0 Å². The third-order valence-corrected chi connectivity index (χ3v) is 4.65. The number of rotatable bonds is 5. The second-order valence-corrected chi connectivity index (χ2v) is 6.77. The smallest absolute Gasteiger partial charge is 0.353 e. The molecular formula is C18H19F3N6O2. The number of anilines is 1. The van der Waals surface area contributed by atoms with Crippen LogP contribution in [0.15, 0.2) is 22.9 Å². The second kappa shape index (κ2) is 8.46. The summed E-state index contributed by atoms with van der Waals surface area (Å²) >= 11 is 0. The van der Waals surface area contributed by atoms with E-state index in [1.807, 2.05) is 17.9 Å². The molecule has 3 rings (SSSR count). The highest BCUT2D eigenvalue weighted by Gasteiger charge is 2.38. The van der Waals surface area contributed by atoms with Crippen LogP contribution in [0, 0.1) is 11.3 Å². The Balaban J connectivity index is 1.48. The Hall–Kier alpha value is -3.16. The molecular weight excluding hydrogens is 389 g/mol. The Kier molecular flexibility index (Phi) is 6.00. The number of hydrogen-bond donors (Lipinski definition) is 0. The molecule has 1 aliphatic heterocycles. The van der Waals surface area contributed by atoms with Crippen LogP contribution < -0.4 is 4.90 Å². The van der Waals surface area contributed by atoms with Gasteiger partial charge in [0.05, 0.1) is 5.56 Å². The van der Waals surface area contributed by atoms with E-state index in [0.29, 0.717) is 31.6 Å². The van der Waals surface area contributed by atoms with Gasteiger partial charge in [-0.3, -0.25) is 4.79 Å². The van der Waals surface area contributed by atoms with E-state index in [2.05, 4.69) is 19.6 Å². The first kappa shape index (κ1) is 20.6. The molecule has 3 heterocycles. The van der Waals surface area contributed by atoms with E-state index < -0.39 is 12.1 Å². The predicted octanol–water partition coefficient (Wildman–Crippen LogP) is 2.42. The molecule has 2 aromatic heterocycles. The molecule has 1 amide bonds. The number of hydrogen-bond acceptors (Lipinski definition) is 7. The standard InChI is InChI=1S/C18H19F3N6O2/c1-12-11-26(15-6-5-13(9-22)10-23-15)7-8-27(12)16(28)4-2-3-14-24-17(29-25-14)18(19,20)21/h5-6,10,12H,2-4,7-8,11H2,1H3. The minimum absolute atomic E-state index is 0.0456. The fraction of sp³-hybridized carbons (Fsp3) is 0.500. The molecule has 1 unspecified atom stereocenters. The summed E-state index contributed by atoms with van der Waals surface area (Å²) in [7, 11) is 0. The van der Waals surface area contributed by atoms with Gasteiger partial charge >= 0.3 is 12.1 Å². The van der Waals surface area contributed by atoms with Gasteiger partial charge in [-0.15, -0.1) is 0 Å². The fourth-order valence-corrected chi connectivity index (χ4v) is 3.19. The first-order valence-corrected chi connectivity index (χ1v) is 9.08. The quantitative estimate of drug-likeness (QED) is 0.749. The monoisotopic (exact) mass is 408 g/mol. The van der Waals surface area contributed by atoms with Gasteiger partial charge in [0.2, 0.25) is 5.91 Å². The van der Waals surface area contributed by atoms with Crippen molar-refractivity contribution in [2.75, 3.05) is 24.5 Å². The summed E-state index contributed by atoms with van der Waals surface area (Å²) in [5.41, 5.74) is 0.486. The number of amides is 1. The molecule has 0 aliphatic carbocycles. The number of carbonyl (C=O) groups is 1. The van der Waals surface area contributed by atoms with Gasteiger partial charge in [0.1, 0.15) is 11.9 Å². The Morgan fingerprint density at radius 3 is 2.76 bits per heavy atom. The number of aromatic nitrogens is 3. The lowest BCUT2D eigenvalue weighted by atomic mass is 10.1. The maximum Gasteiger partial charge on any atom is 0.471 e. The van der Waals surface area contributed by atoms with Crippen LogP contribution in [0.5, 0.6) is 0 Å². The highest BCUT2D eigenvalue weighted by Crippen LogP contribution is 2.27. The minimum Gasteiger partial charge on any atom is -0.353 e. The zero-order chi connectivity index (χ0) is 21.0. The number of carbonyl (C=O) groups excluding carboxylic acids is 1. The summed E-state index contributed by atoms with van der Waals surface area (Å²) in [6.45, 7) is 3.66. The maximum atomic E-state index is 12.5. The number of nitrogens with zero attached hydrogens (tertiary/aromatic N) is 6. The van der Waals surface area contributed by atoms with E-state index >= 15 is 0 Å². The lowest BCUT2D eigenvalue weighted by Gasteiger charge is -2.40. The van der Waals surface area contributed by atoms with E-state index in [0.717, 1.165) is 5.82 Å². The van der Waals surface area contributed by atoms with E-state index in [1.54, 1.807) is 17.0 Å². The molecule has 1 fully saturated rings. The van der Waals surface area contributed by atoms with Crippen molar-refractivity contribution in [2.24, 2.45) is 0 Å². The molecule has 2 aromatic rings. The maximum absolute atomic E-state index is 12.5. The van der Waals surface area contributed by atoms with Gasteiger partial charge in [0.25, 0.3) is 0 Å². The van der Waals surface area contributed by atoms with Crippen molar-refractivity contribution >= 4 is 11.7 Å². The van der Waals surface area contributed by atoms with E-state index in [4.69, 9.17) is 5.26 Å². The number of halogens is 3. The number of nitriles is 1. The van der Waals surface area contributed by atoms with Gasteiger partial charge in [0, 0.05) is 44.7 Å². The normalized spacial score (nSPS) is 17.3. The average Bonchev–Trinajstić information content (AvgIpc) is 3.17. The Morgan fingerprint density at radius 1 is 1.38 bits per heavy atom. The van der Waals surface area contributed by atoms with Crippen molar-refractivity contribution in [1.29, 1.82) is 5.26 Å². The van der Waals surface area contributed by atoms with Crippen LogP contribution in [0.3, 0.4) is 0 Å². The molecule has 29 heavy (non-hydrogen) atoms. The zero-order valence-corrected chi connectivity index (χ0v) is 15.7. The number of alkyl halides is 3. The molecule has 11 heteroatoms. The van der Waals surface area contributed by atoms with Crippen LogP contribution in [0.4, 0.5) is 19.0 Å². The second-order valence-electron chi connectivity index (χ2n) is 6.77. The minimum atomic E-state index is -4.67. The topological polar surface area (TPSA) is 99.2 Å². The molecule has 0 saturated carbocycles. The van der Waals surface area contributed by atoms with Gasteiger partial charge in [-0.05, 0) is 25.5 Å². The molecule has 0 N–H and O–H groups in total. The predicted molar refractivity (Wildman–Crippen MR) is 94.6 cm³/mol. The third-order valence-electron chi connectivity index (χ3n) is 4.65. The largest absolute Gasteiger partial charge is 0.471 e. The lowest BCUT2D eigenvalue weighted by Crippen LogP contribution is -2.54. The molecule has 0 radical (unpaired) electrons. The van der Waals surface area contributed by atoms with Crippen LogP contribution in [-0.2, 0) is 17.4 Å². The number of aryl methyl sites for hydroxylation is 1. The van der Waals surface area contributed by atoms with Gasteiger partial charge in [-0.1, -0.05) is 5.16 Å². The van der Waals surface area contributed by atoms with Crippen molar-refractivity contribution < 1.29 is 22.5 Å². The molecule has 0 aromatic carbocycles. The van der Waals surface area contributed by atoms with Crippen LogP contribution in [0.25, 0.3) is 0 Å². The van der Waals surface area contributed by atoms with Crippen LogP contribution in [0.1, 0.15) is 37.0 Å². The average molecular weight is 408 g/mol. The molecule has 1 atom stereocenters. The highest BCUT2D eigenvalue weighted by molar-refractivity contribution is 5.76. The van der Waals surface area contributed by atoms with Gasteiger partial charge < -0.3 is 14.3 Å². The lowest BCUT2D eigenvalue weighted by molar-refractivity contribution is -0.159. The first-order valence-electron chi connectivity index (χ1n) is 9.08. The van der Waals surface area contributed by atoms with Gasteiger partial charge in [-0.2, -0.15) is 23.4 Å². The summed E-state index contributed by atoms with van der Waals surface area (Å²) in [6.07, 6.45) is -2.50.